The van der Waals surface area contributed by atoms with Crippen LogP contribution in [0.1, 0.15) is 18.7 Å². The molecule has 1 atom stereocenters. The molecule has 1 N–H and O–H groups in total. The Bertz CT molecular complexity index is 545. The van der Waals surface area contributed by atoms with Crippen LogP contribution >= 0.6 is 0 Å². The van der Waals surface area contributed by atoms with Crippen LogP contribution in [0.4, 0.5) is 5.69 Å². The summed E-state index contributed by atoms with van der Waals surface area (Å²) < 4.78 is 5.74. The molecule has 21 heavy (non-hydrogen) atoms. The summed E-state index contributed by atoms with van der Waals surface area (Å²) in [5.74, 6) is 0.869. The lowest BCUT2D eigenvalue weighted by molar-refractivity contribution is 0.261. The number of likely N-dealkylation sites (N-methyl/N-ethyl adjacent to an activating group) is 1. The molecule has 2 rings (SSSR count). The van der Waals surface area contributed by atoms with Gasteiger partial charge in [-0.15, -0.1) is 0 Å². The average Bonchev–Trinajstić information content (AvgIpc) is 2.48. The van der Waals surface area contributed by atoms with Crippen LogP contribution in [0.2, 0.25) is 0 Å². The highest BCUT2D eigenvalue weighted by atomic mass is 16.5. The predicted octanol–water partition coefficient (Wildman–Crippen LogP) is 2.59. The Morgan fingerprint density at radius 1 is 1.29 bits per heavy atom. The van der Waals surface area contributed by atoms with Gasteiger partial charge in [-0.3, -0.25) is 9.97 Å². The minimum atomic E-state index is 0.0933. The molecule has 1 aromatic carbocycles. The van der Waals surface area contributed by atoms with E-state index in [9.17, 15) is 0 Å². The number of hydrogen-bond donors (Lipinski definition) is 1. The van der Waals surface area contributed by atoms with Gasteiger partial charge >= 0.3 is 0 Å². The van der Waals surface area contributed by atoms with Gasteiger partial charge in [-0.1, -0.05) is 6.07 Å². The topological polar surface area (TPSA) is 50.3 Å². The largest absolute Gasteiger partial charge is 0.492 e. The van der Waals surface area contributed by atoms with Crippen molar-refractivity contribution in [3.05, 3.63) is 48.5 Å². The van der Waals surface area contributed by atoms with E-state index in [1.54, 1.807) is 18.6 Å². The highest BCUT2D eigenvalue weighted by molar-refractivity contribution is 5.49. The van der Waals surface area contributed by atoms with E-state index < -0.39 is 0 Å². The van der Waals surface area contributed by atoms with E-state index in [-0.39, 0.29) is 6.04 Å². The number of anilines is 1. The lowest BCUT2D eigenvalue weighted by Crippen LogP contribution is -2.19. The molecular formula is C16H22N4O. The molecule has 112 valence electrons. The van der Waals surface area contributed by atoms with Gasteiger partial charge in [0.2, 0.25) is 0 Å². The van der Waals surface area contributed by atoms with Gasteiger partial charge in [0.1, 0.15) is 12.4 Å². The summed E-state index contributed by atoms with van der Waals surface area (Å²) in [6.07, 6.45) is 5.15. The van der Waals surface area contributed by atoms with Crippen LogP contribution in [-0.2, 0) is 0 Å². The van der Waals surface area contributed by atoms with E-state index in [0.717, 1.165) is 23.7 Å². The minimum absolute atomic E-state index is 0.0933. The fourth-order valence-corrected chi connectivity index (χ4v) is 1.88. The molecule has 2 aromatic rings. The van der Waals surface area contributed by atoms with Gasteiger partial charge in [-0.05, 0) is 33.2 Å². The maximum absolute atomic E-state index is 5.74. The Labute approximate surface area is 126 Å². The van der Waals surface area contributed by atoms with Gasteiger partial charge in [-0.25, -0.2) is 0 Å². The van der Waals surface area contributed by atoms with Crippen LogP contribution in [0.3, 0.4) is 0 Å². The first kappa shape index (κ1) is 15.3. The zero-order chi connectivity index (χ0) is 15.1. The first-order chi connectivity index (χ1) is 10.1. The summed E-state index contributed by atoms with van der Waals surface area (Å²) in [5.41, 5.74) is 1.92. The smallest absolute Gasteiger partial charge is 0.121 e. The Morgan fingerprint density at radius 2 is 2.14 bits per heavy atom. The normalized spacial score (nSPS) is 12.2. The van der Waals surface area contributed by atoms with Gasteiger partial charge in [0, 0.05) is 30.7 Å². The summed E-state index contributed by atoms with van der Waals surface area (Å²) in [4.78, 5) is 10.5. The van der Waals surface area contributed by atoms with Gasteiger partial charge in [-0.2, -0.15) is 0 Å². The lowest BCUT2D eigenvalue weighted by atomic mass is 10.2. The molecule has 0 aliphatic rings. The van der Waals surface area contributed by atoms with Crippen molar-refractivity contribution >= 4 is 5.69 Å². The highest BCUT2D eigenvalue weighted by Crippen LogP contribution is 2.21. The van der Waals surface area contributed by atoms with Crippen molar-refractivity contribution in [2.24, 2.45) is 0 Å². The molecule has 0 radical (unpaired) electrons. The Hall–Kier alpha value is -2.14. The molecule has 5 heteroatoms. The quantitative estimate of drug-likeness (QED) is 0.848. The van der Waals surface area contributed by atoms with Crippen molar-refractivity contribution < 1.29 is 4.74 Å². The third-order valence-electron chi connectivity index (χ3n) is 3.05. The molecule has 0 saturated carbocycles. The molecular weight excluding hydrogens is 264 g/mol. The van der Waals surface area contributed by atoms with Gasteiger partial charge in [0.05, 0.1) is 17.9 Å². The average molecular weight is 286 g/mol. The molecule has 0 saturated heterocycles. The van der Waals surface area contributed by atoms with E-state index in [1.807, 2.05) is 38.4 Å². The number of aromatic nitrogens is 2. The van der Waals surface area contributed by atoms with Gasteiger partial charge < -0.3 is 15.0 Å². The second-order valence-electron chi connectivity index (χ2n) is 5.18. The summed E-state index contributed by atoms with van der Waals surface area (Å²) in [6, 6.07) is 8.06. The van der Waals surface area contributed by atoms with Crippen molar-refractivity contribution in [1.29, 1.82) is 0 Å². The monoisotopic (exact) mass is 286 g/mol. The molecule has 1 unspecified atom stereocenters. The third kappa shape index (κ3) is 5.04. The molecule has 0 fully saturated rings. The summed E-state index contributed by atoms with van der Waals surface area (Å²) in [5, 5.41) is 3.40. The third-order valence-corrected chi connectivity index (χ3v) is 3.05. The number of nitrogens with zero attached hydrogens (tertiary/aromatic N) is 3. The van der Waals surface area contributed by atoms with Crippen molar-refractivity contribution in [3.8, 4) is 5.75 Å². The first-order valence-electron chi connectivity index (χ1n) is 7.05. The van der Waals surface area contributed by atoms with E-state index in [0.29, 0.717) is 6.61 Å². The maximum atomic E-state index is 5.74. The summed E-state index contributed by atoms with van der Waals surface area (Å²) in [7, 11) is 4.06. The van der Waals surface area contributed by atoms with E-state index in [1.165, 1.54) is 0 Å². The van der Waals surface area contributed by atoms with Crippen LogP contribution in [0.25, 0.3) is 0 Å². The second kappa shape index (κ2) is 7.59. The molecule has 0 aliphatic carbocycles. The molecule has 0 amide bonds. The second-order valence-corrected chi connectivity index (χ2v) is 5.18. The molecule has 5 nitrogen and oxygen atoms in total. The Morgan fingerprint density at radius 3 is 2.86 bits per heavy atom. The number of nitrogens with one attached hydrogen (secondary N) is 1. The standard InChI is InChI=1S/C16H22N4O/c1-13(16-12-17-7-8-18-16)19-14-5-4-6-15(11-14)21-10-9-20(2)3/h4-8,11-13,19H,9-10H2,1-3H3. The van der Waals surface area contributed by atoms with E-state index in [2.05, 4.69) is 27.1 Å². The minimum Gasteiger partial charge on any atom is -0.492 e. The predicted molar refractivity (Wildman–Crippen MR) is 84.6 cm³/mol. The molecule has 1 aromatic heterocycles. The van der Waals surface area contributed by atoms with Crippen molar-refractivity contribution in [2.45, 2.75) is 13.0 Å². The Kier molecular flexibility index (Phi) is 5.51. The highest BCUT2D eigenvalue weighted by Gasteiger charge is 2.07. The molecule has 1 heterocycles. The van der Waals surface area contributed by atoms with Crippen LogP contribution < -0.4 is 10.1 Å². The Balaban J connectivity index is 1.94. The van der Waals surface area contributed by atoms with Gasteiger partial charge in [0.25, 0.3) is 0 Å². The molecule has 0 bridgehead atoms. The lowest BCUT2D eigenvalue weighted by Gasteiger charge is -2.16. The first-order valence-corrected chi connectivity index (χ1v) is 7.05. The summed E-state index contributed by atoms with van der Waals surface area (Å²) in [6.45, 7) is 3.63. The van der Waals surface area contributed by atoms with Crippen molar-refractivity contribution in [1.82, 2.24) is 14.9 Å². The number of rotatable bonds is 7. The zero-order valence-electron chi connectivity index (χ0n) is 12.8. The van der Waals surface area contributed by atoms with Crippen LogP contribution in [0, 0.1) is 0 Å². The van der Waals surface area contributed by atoms with Crippen molar-refractivity contribution in [2.75, 3.05) is 32.6 Å². The van der Waals surface area contributed by atoms with Crippen LogP contribution in [0.5, 0.6) is 5.75 Å². The van der Waals surface area contributed by atoms with E-state index in [4.69, 9.17) is 4.74 Å². The fourth-order valence-electron chi connectivity index (χ4n) is 1.88. The molecule has 0 aliphatic heterocycles. The fraction of sp³-hybridized carbons (Fsp3) is 0.375. The number of hydrogen-bond acceptors (Lipinski definition) is 5. The number of ether oxygens (including phenoxy) is 1. The van der Waals surface area contributed by atoms with Crippen LogP contribution in [0.15, 0.2) is 42.9 Å². The maximum Gasteiger partial charge on any atom is 0.121 e. The van der Waals surface area contributed by atoms with Crippen molar-refractivity contribution in [3.63, 3.8) is 0 Å². The molecule has 0 spiro atoms. The van der Waals surface area contributed by atoms with E-state index >= 15 is 0 Å². The van der Waals surface area contributed by atoms with Crippen LogP contribution in [-0.4, -0.2) is 42.1 Å². The SMILES string of the molecule is CC(Nc1cccc(OCCN(C)C)c1)c1cnccn1. The zero-order valence-corrected chi connectivity index (χ0v) is 12.8. The van der Waals surface area contributed by atoms with Gasteiger partial charge in [0.15, 0.2) is 0 Å². The summed E-state index contributed by atoms with van der Waals surface area (Å²) >= 11 is 0. The number of benzene rings is 1.